The molecule has 1 atom stereocenters. The van der Waals surface area contributed by atoms with Crippen molar-refractivity contribution >= 4 is 5.97 Å². The van der Waals surface area contributed by atoms with E-state index in [-0.39, 0.29) is 5.97 Å². The van der Waals surface area contributed by atoms with Crippen LogP contribution in [0.15, 0.2) is 29.5 Å². The maximum absolute atomic E-state index is 11.5. The molecule has 0 unspecified atom stereocenters. The highest BCUT2D eigenvalue weighted by Gasteiger charge is 2.14. The van der Waals surface area contributed by atoms with Gasteiger partial charge in [-0.3, -0.25) is 4.79 Å². The van der Waals surface area contributed by atoms with Gasteiger partial charge < -0.3 is 19.5 Å². The van der Waals surface area contributed by atoms with Crippen LogP contribution in [0.5, 0.6) is 11.5 Å². The monoisotopic (exact) mass is 333 g/mol. The first-order valence-electron chi connectivity index (χ1n) is 8.48. The highest BCUT2D eigenvalue weighted by atomic mass is 16.7. The smallest absolute Gasteiger partial charge is 0.310 e. The third-order valence-corrected chi connectivity index (χ3v) is 4.02. The minimum absolute atomic E-state index is 0.164. The minimum atomic E-state index is -0.164. The van der Waals surface area contributed by atoms with Gasteiger partial charge in [0.15, 0.2) is 11.5 Å². The summed E-state index contributed by atoms with van der Waals surface area (Å²) < 4.78 is 16.1. The number of fused-ring (bicyclic) bond motifs is 1. The van der Waals surface area contributed by atoms with Crippen LogP contribution in [0.4, 0.5) is 0 Å². The minimum Gasteiger partial charge on any atom is -0.454 e. The van der Waals surface area contributed by atoms with E-state index in [1.807, 2.05) is 32.9 Å². The molecule has 0 amide bonds. The lowest BCUT2D eigenvalue weighted by Crippen LogP contribution is -2.30. The molecule has 0 saturated carbocycles. The third-order valence-electron chi connectivity index (χ3n) is 4.02. The van der Waals surface area contributed by atoms with Crippen molar-refractivity contribution in [2.45, 2.75) is 53.0 Å². The van der Waals surface area contributed by atoms with E-state index in [2.05, 4.69) is 18.3 Å². The Balaban J connectivity index is 1.81. The van der Waals surface area contributed by atoms with Gasteiger partial charge in [0.05, 0.1) is 0 Å². The summed E-state index contributed by atoms with van der Waals surface area (Å²) >= 11 is 0. The van der Waals surface area contributed by atoms with Gasteiger partial charge in [0, 0.05) is 19.0 Å². The molecule has 0 radical (unpaired) electrons. The Hall–Kier alpha value is -2.01. The summed E-state index contributed by atoms with van der Waals surface area (Å²) in [5, 5.41) is 3.46. The van der Waals surface area contributed by atoms with Crippen LogP contribution >= 0.6 is 0 Å². The highest BCUT2D eigenvalue weighted by Crippen LogP contribution is 2.32. The number of carbonyl (C=O) groups excluding carboxylic acids is 1. The summed E-state index contributed by atoms with van der Waals surface area (Å²) in [6.07, 6.45) is 2.15. The fourth-order valence-corrected chi connectivity index (χ4v) is 2.46. The van der Waals surface area contributed by atoms with Crippen molar-refractivity contribution < 1.29 is 19.0 Å². The highest BCUT2D eigenvalue weighted by molar-refractivity contribution is 5.70. The van der Waals surface area contributed by atoms with Gasteiger partial charge in [-0.1, -0.05) is 13.0 Å². The number of esters is 1. The average Bonchev–Trinajstić information content (AvgIpc) is 3.00. The van der Waals surface area contributed by atoms with Crippen LogP contribution in [-0.2, 0) is 16.0 Å². The van der Waals surface area contributed by atoms with E-state index in [0.29, 0.717) is 31.6 Å². The summed E-state index contributed by atoms with van der Waals surface area (Å²) in [4.78, 5) is 11.5. The summed E-state index contributed by atoms with van der Waals surface area (Å²) in [5.74, 6) is 2.15. The number of nitrogens with one attached hydrogen (secondary N) is 1. The van der Waals surface area contributed by atoms with Crippen LogP contribution in [0.1, 0.15) is 46.1 Å². The van der Waals surface area contributed by atoms with E-state index >= 15 is 0 Å². The number of carbonyl (C=O) groups is 1. The quantitative estimate of drug-likeness (QED) is 0.582. The second kappa shape index (κ2) is 8.73. The number of hydrogen-bond acceptors (Lipinski definition) is 5. The molecule has 0 spiro atoms. The fraction of sp³-hybridized carbons (Fsp3) is 0.526. The van der Waals surface area contributed by atoms with Crippen LogP contribution < -0.4 is 14.8 Å². The predicted molar refractivity (Wildman–Crippen MR) is 93.1 cm³/mol. The topological polar surface area (TPSA) is 56.8 Å². The zero-order valence-electron chi connectivity index (χ0n) is 15.0. The first-order valence-corrected chi connectivity index (χ1v) is 8.48. The Morgan fingerprint density at radius 1 is 1.29 bits per heavy atom. The zero-order valence-corrected chi connectivity index (χ0v) is 15.0. The average molecular weight is 333 g/mol. The zero-order chi connectivity index (χ0) is 17.5. The molecule has 24 heavy (non-hydrogen) atoms. The molecule has 2 rings (SSSR count). The summed E-state index contributed by atoms with van der Waals surface area (Å²) in [6.45, 7) is 8.91. The van der Waals surface area contributed by atoms with Crippen molar-refractivity contribution in [1.29, 1.82) is 0 Å². The van der Waals surface area contributed by atoms with Crippen molar-refractivity contribution in [1.82, 2.24) is 5.32 Å². The first-order chi connectivity index (χ1) is 11.5. The first kappa shape index (κ1) is 18.3. The van der Waals surface area contributed by atoms with Crippen LogP contribution in [0.3, 0.4) is 0 Å². The lowest BCUT2D eigenvalue weighted by molar-refractivity contribution is -0.139. The van der Waals surface area contributed by atoms with Crippen molar-refractivity contribution in [2.75, 3.05) is 13.3 Å². The van der Waals surface area contributed by atoms with Gasteiger partial charge in [0.1, 0.15) is 5.76 Å². The molecule has 1 aromatic carbocycles. The normalized spacial score (nSPS) is 15.0. The summed E-state index contributed by atoms with van der Waals surface area (Å²) in [5.41, 5.74) is 2.24. The molecule has 1 aliphatic rings. The molecule has 0 bridgehead atoms. The Morgan fingerprint density at radius 3 is 2.79 bits per heavy atom. The Bertz CT molecular complexity index is 609. The van der Waals surface area contributed by atoms with Crippen molar-refractivity contribution in [3.63, 3.8) is 0 Å². The van der Waals surface area contributed by atoms with Crippen molar-refractivity contribution in [2.24, 2.45) is 0 Å². The van der Waals surface area contributed by atoms with E-state index in [1.54, 1.807) is 0 Å². The Labute approximate surface area is 144 Å². The van der Waals surface area contributed by atoms with Crippen LogP contribution in [0.25, 0.3) is 0 Å². The van der Waals surface area contributed by atoms with Gasteiger partial charge in [-0.25, -0.2) is 0 Å². The molecule has 0 fully saturated rings. The molecule has 1 heterocycles. The van der Waals surface area contributed by atoms with E-state index in [9.17, 15) is 4.79 Å². The molecule has 132 valence electrons. The number of allylic oxidation sites excluding steroid dienone is 1. The van der Waals surface area contributed by atoms with Crippen LogP contribution in [-0.4, -0.2) is 25.3 Å². The summed E-state index contributed by atoms with van der Waals surface area (Å²) in [6, 6.07) is 6.33. The second-order valence-corrected chi connectivity index (χ2v) is 6.23. The number of ether oxygens (including phenoxy) is 3. The van der Waals surface area contributed by atoms with Crippen LogP contribution in [0.2, 0.25) is 0 Å². The van der Waals surface area contributed by atoms with E-state index in [1.165, 1.54) is 5.56 Å². The van der Waals surface area contributed by atoms with Crippen molar-refractivity contribution in [3.05, 3.63) is 35.1 Å². The predicted octanol–water partition coefficient (Wildman–Crippen LogP) is 3.57. The van der Waals surface area contributed by atoms with Gasteiger partial charge in [-0.2, -0.15) is 0 Å². The van der Waals surface area contributed by atoms with Gasteiger partial charge in [0.25, 0.3) is 0 Å². The summed E-state index contributed by atoms with van der Waals surface area (Å²) in [7, 11) is 0. The maximum atomic E-state index is 11.5. The lowest BCUT2D eigenvalue weighted by atomic mass is 10.1. The number of hydrogen-bond donors (Lipinski definition) is 1. The molecular weight excluding hydrogens is 306 g/mol. The Kier molecular flexibility index (Phi) is 6.67. The molecular formula is C19H27NO4. The molecule has 0 saturated heterocycles. The standard InChI is InChI=1S/C19H27NO4/c1-5-6-19(21)24-15(4)13(2)11-20-14(3)9-16-7-8-17-18(10-16)23-12-22-17/h7-8,10,14,20H,5-6,9,11-12H2,1-4H3/b15-13+/t14-/m0/s1. The molecule has 5 nitrogen and oxygen atoms in total. The maximum Gasteiger partial charge on any atom is 0.310 e. The van der Waals surface area contributed by atoms with Crippen LogP contribution in [0, 0.1) is 0 Å². The fourth-order valence-electron chi connectivity index (χ4n) is 2.46. The number of benzene rings is 1. The molecule has 0 aliphatic carbocycles. The molecule has 1 N–H and O–H groups in total. The number of rotatable bonds is 8. The lowest BCUT2D eigenvalue weighted by Gasteiger charge is -2.16. The Morgan fingerprint density at radius 2 is 2.04 bits per heavy atom. The SMILES string of the molecule is CCCC(=O)O/C(C)=C(\C)CN[C@@H](C)Cc1ccc2c(c1)OCO2. The van der Waals surface area contributed by atoms with Crippen molar-refractivity contribution in [3.8, 4) is 11.5 Å². The van der Waals surface area contributed by atoms with Gasteiger partial charge in [0.2, 0.25) is 6.79 Å². The molecule has 1 aliphatic heterocycles. The van der Waals surface area contributed by atoms with E-state index in [4.69, 9.17) is 14.2 Å². The largest absolute Gasteiger partial charge is 0.454 e. The van der Waals surface area contributed by atoms with Gasteiger partial charge in [-0.15, -0.1) is 0 Å². The second-order valence-electron chi connectivity index (χ2n) is 6.23. The molecule has 1 aromatic rings. The van der Waals surface area contributed by atoms with E-state index < -0.39 is 0 Å². The van der Waals surface area contributed by atoms with Gasteiger partial charge in [-0.05, 0) is 56.9 Å². The third kappa shape index (κ3) is 5.27. The van der Waals surface area contributed by atoms with Gasteiger partial charge >= 0.3 is 5.97 Å². The molecule has 0 aromatic heterocycles. The van der Waals surface area contributed by atoms with E-state index in [0.717, 1.165) is 29.9 Å². The molecule has 5 heteroatoms.